The van der Waals surface area contributed by atoms with Crippen molar-refractivity contribution in [2.45, 2.75) is 19.4 Å². The molecular weight excluding hydrogens is 460 g/mol. The first-order chi connectivity index (χ1) is 14.8. The van der Waals surface area contributed by atoms with Crippen molar-refractivity contribution in [2.24, 2.45) is 5.92 Å². The van der Waals surface area contributed by atoms with Gasteiger partial charge in [-0.2, -0.15) is 0 Å². The molecule has 0 aliphatic heterocycles. The maximum atomic E-state index is 13.1. The van der Waals surface area contributed by atoms with E-state index < -0.39 is 0 Å². The Hall–Kier alpha value is -2.71. The van der Waals surface area contributed by atoms with Crippen molar-refractivity contribution in [2.75, 3.05) is 32.6 Å². The molecule has 1 aliphatic carbocycles. The van der Waals surface area contributed by atoms with Gasteiger partial charge in [-0.15, -0.1) is 0 Å². The average molecular weight is 487 g/mol. The van der Waals surface area contributed by atoms with Gasteiger partial charge in [0.2, 0.25) is 6.41 Å². The molecule has 2 aromatic rings. The number of halogens is 1. The van der Waals surface area contributed by atoms with E-state index in [9.17, 15) is 14.7 Å². The first-order valence-corrected chi connectivity index (χ1v) is 10.8. The summed E-state index contributed by atoms with van der Waals surface area (Å²) in [5.41, 5.74) is 2.39. The van der Waals surface area contributed by atoms with Gasteiger partial charge in [0.25, 0.3) is 5.91 Å². The Morgan fingerprint density at radius 2 is 2.13 bits per heavy atom. The number of benzene rings is 1. The Bertz CT molecular complexity index is 1030. The number of nitrogens with zero attached hydrogens (tertiary/aromatic N) is 4. The number of imidazole rings is 1. The smallest absolute Gasteiger partial charge is 0.273 e. The third-order valence-corrected chi connectivity index (χ3v) is 5.67. The number of hydrogen-bond acceptors (Lipinski definition) is 4. The zero-order valence-corrected chi connectivity index (χ0v) is 19.5. The fraction of sp³-hybridized carbons (Fsp3) is 0.348. The summed E-state index contributed by atoms with van der Waals surface area (Å²) in [5.74, 6) is 0.869. The van der Waals surface area contributed by atoms with Crippen LogP contribution in [0.15, 0.2) is 52.5 Å². The quantitative estimate of drug-likeness (QED) is 0.581. The summed E-state index contributed by atoms with van der Waals surface area (Å²) in [7, 11) is 4.96. The summed E-state index contributed by atoms with van der Waals surface area (Å²) in [6.07, 6.45) is 8.07. The van der Waals surface area contributed by atoms with Crippen LogP contribution in [-0.4, -0.2) is 59.6 Å². The Morgan fingerprint density at radius 1 is 1.35 bits per heavy atom. The third-order valence-electron chi connectivity index (χ3n) is 5.18. The number of anilines is 1. The molecule has 1 aromatic carbocycles. The number of allylic oxidation sites excluding steroid dienone is 3. The molecule has 1 atom stereocenters. The maximum Gasteiger partial charge on any atom is 0.273 e. The van der Waals surface area contributed by atoms with Gasteiger partial charge in [0.05, 0.1) is 0 Å². The van der Waals surface area contributed by atoms with E-state index in [2.05, 4.69) is 22.0 Å². The summed E-state index contributed by atoms with van der Waals surface area (Å²) in [5, 5.41) is 9.54. The lowest BCUT2D eigenvalue weighted by atomic mass is 9.95. The highest BCUT2D eigenvalue weighted by atomic mass is 79.9. The highest BCUT2D eigenvalue weighted by Crippen LogP contribution is 2.27. The molecule has 0 fully saturated rings. The van der Waals surface area contributed by atoms with Gasteiger partial charge in [0, 0.05) is 51.1 Å². The van der Waals surface area contributed by atoms with Crippen LogP contribution in [0.3, 0.4) is 0 Å². The second kappa shape index (κ2) is 10.1. The van der Waals surface area contributed by atoms with Crippen molar-refractivity contribution in [1.29, 1.82) is 0 Å². The summed E-state index contributed by atoms with van der Waals surface area (Å²) in [4.78, 5) is 32.2. The fourth-order valence-corrected chi connectivity index (χ4v) is 4.02. The third kappa shape index (κ3) is 5.32. The van der Waals surface area contributed by atoms with E-state index >= 15 is 0 Å². The van der Waals surface area contributed by atoms with Crippen LogP contribution in [0.25, 0.3) is 0 Å². The molecular formula is C23H27BrN4O3. The monoisotopic (exact) mass is 486 g/mol. The van der Waals surface area contributed by atoms with Crippen LogP contribution in [0.1, 0.15) is 28.3 Å². The Morgan fingerprint density at radius 3 is 2.77 bits per heavy atom. The van der Waals surface area contributed by atoms with E-state index in [1.54, 1.807) is 21.1 Å². The molecule has 2 amide bonds. The van der Waals surface area contributed by atoms with Crippen molar-refractivity contribution >= 4 is 34.1 Å². The molecule has 1 heterocycles. The SMILES string of the molecule is CN(C)C(=O)c1c(N(C)C=O)nc(CC2=CC(CO)CC=C2)n1Cc1cccc(Br)c1. The van der Waals surface area contributed by atoms with Crippen molar-refractivity contribution < 1.29 is 14.7 Å². The maximum absolute atomic E-state index is 13.1. The number of aliphatic hydroxyl groups excluding tert-OH is 1. The summed E-state index contributed by atoms with van der Waals surface area (Å²) in [6, 6.07) is 7.88. The molecule has 1 aliphatic rings. The van der Waals surface area contributed by atoms with Crippen LogP contribution in [0.4, 0.5) is 5.82 Å². The molecule has 0 bridgehead atoms. The summed E-state index contributed by atoms with van der Waals surface area (Å²) >= 11 is 3.50. The minimum Gasteiger partial charge on any atom is -0.396 e. The molecule has 0 saturated heterocycles. The van der Waals surface area contributed by atoms with Crippen molar-refractivity contribution in [3.63, 3.8) is 0 Å². The topological polar surface area (TPSA) is 78.7 Å². The number of amides is 2. The number of carbonyl (C=O) groups is 2. The first kappa shape index (κ1) is 23.0. The lowest BCUT2D eigenvalue weighted by Gasteiger charge is -2.18. The predicted molar refractivity (Wildman–Crippen MR) is 124 cm³/mol. The molecule has 7 nitrogen and oxygen atoms in total. The normalized spacial score (nSPS) is 15.5. The molecule has 1 unspecified atom stereocenters. The Balaban J connectivity index is 2.13. The van der Waals surface area contributed by atoms with Gasteiger partial charge in [-0.3, -0.25) is 9.59 Å². The molecule has 31 heavy (non-hydrogen) atoms. The van der Waals surface area contributed by atoms with Gasteiger partial charge in [0.1, 0.15) is 5.82 Å². The number of aliphatic hydroxyl groups is 1. The molecule has 8 heteroatoms. The van der Waals surface area contributed by atoms with Gasteiger partial charge in [0.15, 0.2) is 11.5 Å². The lowest BCUT2D eigenvalue weighted by molar-refractivity contribution is -0.107. The molecule has 0 spiro atoms. The van der Waals surface area contributed by atoms with E-state index in [1.807, 2.05) is 41.0 Å². The Kier molecular flexibility index (Phi) is 7.46. The van der Waals surface area contributed by atoms with Gasteiger partial charge < -0.3 is 19.5 Å². The van der Waals surface area contributed by atoms with Crippen LogP contribution in [0.2, 0.25) is 0 Å². The number of aromatic nitrogens is 2. The Labute approximate surface area is 190 Å². The highest BCUT2D eigenvalue weighted by Gasteiger charge is 2.27. The van der Waals surface area contributed by atoms with Gasteiger partial charge in [-0.05, 0) is 29.7 Å². The van der Waals surface area contributed by atoms with E-state index in [0.29, 0.717) is 36.7 Å². The van der Waals surface area contributed by atoms with Crippen LogP contribution >= 0.6 is 15.9 Å². The van der Waals surface area contributed by atoms with Gasteiger partial charge in [-0.25, -0.2) is 4.98 Å². The molecule has 1 aromatic heterocycles. The van der Waals surface area contributed by atoms with Crippen molar-refractivity contribution in [3.05, 3.63) is 69.6 Å². The molecule has 3 rings (SSSR count). The van der Waals surface area contributed by atoms with E-state index in [1.165, 1.54) is 9.80 Å². The molecule has 1 N–H and O–H groups in total. The number of carbonyl (C=O) groups excluding carboxylic acids is 2. The average Bonchev–Trinajstić information content (AvgIpc) is 3.10. The van der Waals surface area contributed by atoms with E-state index in [-0.39, 0.29) is 18.4 Å². The van der Waals surface area contributed by atoms with Crippen LogP contribution in [-0.2, 0) is 17.8 Å². The first-order valence-electron chi connectivity index (χ1n) is 10.1. The van der Waals surface area contributed by atoms with Gasteiger partial charge in [-0.1, -0.05) is 46.3 Å². The van der Waals surface area contributed by atoms with Crippen LogP contribution < -0.4 is 4.90 Å². The summed E-state index contributed by atoms with van der Waals surface area (Å²) in [6.45, 7) is 0.521. The standard InChI is InChI=1S/C23H27BrN4O3/c1-26(2)23(31)21-22(27(3)15-30)25-20(12-16-6-4-8-18(10-16)14-29)28(21)13-17-7-5-9-19(24)11-17/h4-7,9-11,15,18,29H,8,12-14H2,1-3H3. The van der Waals surface area contributed by atoms with Gasteiger partial charge >= 0.3 is 0 Å². The molecule has 0 radical (unpaired) electrons. The minimum absolute atomic E-state index is 0.0773. The largest absolute Gasteiger partial charge is 0.396 e. The van der Waals surface area contributed by atoms with E-state index in [4.69, 9.17) is 4.98 Å². The molecule has 164 valence electrons. The highest BCUT2D eigenvalue weighted by molar-refractivity contribution is 9.10. The van der Waals surface area contributed by atoms with Crippen molar-refractivity contribution in [3.8, 4) is 0 Å². The van der Waals surface area contributed by atoms with Crippen LogP contribution in [0.5, 0.6) is 0 Å². The molecule has 0 saturated carbocycles. The summed E-state index contributed by atoms with van der Waals surface area (Å²) < 4.78 is 2.83. The zero-order chi connectivity index (χ0) is 22.5. The second-order valence-electron chi connectivity index (χ2n) is 7.83. The lowest BCUT2D eigenvalue weighted by Crippen LogP contribution is -2.28. The number of rotatable bonds is 8. The van der Waals surface area contributed by atoms with Crippen LogP contribution in [0, 0.1) is 5.92 Å². The number of hydrogen-bond donors (Lipinski definition) is 1. The van der Waals surface area contributed by atoms with E-state index in [0.717, 1.165) is 22.0 Å². The predicted octanol–water partition coefficient (Wildman–Crippen LogP) is 3.03. The van der Waals surface area contributed by atoms with Crippen molar-refractivity contribution in [1.82, 2.24) is 14.5 Å². The fourth-order valence-electron chi connectivity index (χ4n) is 3.58. The second-order valence-corrected chi connectivity index (χ2v) is 8.75. The minimum atomic E-state index is -0.223. The zero-order valence-electron chi connectivity index (χ0n) is 18.0.